The minimum Gasteiger partial charge on any atom is -0.382 e. The van der Waals surface area contributed by atoms with E-state index in [1.165, 1.54) is 12.3 Å². The van der Waals surface area contributed by atoms with Crippen LogP contribution in [0.15, 0.2) is 54.1 Å². The van der Waals surface area contributed by atoms with Gasteiger partial charge in [-0.25, -0.2) is 4.68 Å². The monoisotopic (exact) mass is 474 g/mol. The predicted octanol–water partition coefficient (Wildman–Crippen LogP) is 4.68. The first-order valence-corrected chi connectivity index (χ1v) is 11.2. The van der Waals surface area contributed by atoms with Crippen LogP contribution in [0.25, 0.3) is 5.82 Å². The molecule has 1 aliphatic rings. The van der Waals surface area contributed by atoms with Crippen LogP contribution in [-0.4, -0.2) is 33.4 Å². The summed E-state index contributed by atoms with van der Waals surface area (Å²) in [7, 11) is 0. The van der Waals surface area contributed by atoms with Crippen LogP contribution < -0.4 is 11.1 Å². The van der Waals surface area contributed by atoms with Gasteiger partial charge < -0.3 is 11.1 Å². The van der Waals surface area contributed by atoms with Gasteiger partial charge in [0.15, 0.2) is 5.69 Å². The molecule has 1 fully saturated rings. The highest BCUT2D eigenvalue weighted by Crippen LogP contribution is 2.39. The average Bonchev–Trinajstić information content (AvgIpc) is 3.30. The smallest absolute Gasteiger partial charge is 0.382 e. The average molecular weight is 475 g/mol. The highest BCUT2D eigenvalue weighted by molar-refractivity contribution is 5.95. The lowest BCUT2D eigenvalue weighted by atomic mass is 9.70. The zero-order chi connectivity index (χ0) is 24.8. The van der Waals surface area contributed by atoms with Gasteiger partial charge in [0.1, 0.15) is 5.82 Å². The van der Waals surface area contributed by atoms with Gasteiger partial charge in [0.25, 0.3) is 5.91 Å². The van der Waals surface area contributed by atoms with Crippen molar-refractivity contribution in [2.75, 3.05) is 6.54 Å². The van der Waals surface area contributed by atoms with Crippen molar-refractivity contribution in [2.24, 2.45) is 10.7 Å². The lowest BCUT2D eigenvalue weighted by Crippen LogP contribution is -2.42. The summed E-state index contributed by atoms with van der Waals surface area (Å²) in [6.07, 6.45) is 7.44. The summed E-state index contributed by atoms with van der Waals surface area (Å²) >= 11 is 0. The molecule has 1 aliphatic carbocycles. The van der Waals surface area contributed by atoms with E-state index in [0.29, 0.717) is 12.1 Å². The molecule has 3 N–H and O–H groups in total. The Morgan fingerprint density at radius 1 is 1.35 bits per heavy atom. The number of nitrogens with zero attached hydrogens (tertiary/aromatic N) is 4. The number of rotatable bonds is 8. The largest absolute Gasteiger partial charge is 0.435 e. The first kappa shape index (κ1) is 25.2. The molecule has 2 aromatic rings. The van der Waals surface area contributed by atoms with Gasteiger partial charge in [-0.2, -0.15) is 18.3 Å². The second-order valence-electron chi connectivity index (χ2n) is 8.30. The molecule has 2 aromatic heterocycles. The third-order valence-electron chi connectivity index (χ3n) is 6.11. The van der Waals surface area contributed by atoms with Crippen LogP contribution in [0.3, 0.4) is 0 Å². The summed E-state index contributed by atoms with van der Waals surface area (Å²) in [5.74, 6) is -0.947. The summed E-state index contributed by atoms with van der Waals surface area (Å²) in [6.45, 7) is 5.48. The first-order valence-electron chi connectivity index (χ1n) is 11.2. The second-order valence-corrected chi connectivity index (χ2v) is 8.30. The molecule has 1 amide bonds. The third-order valence-corrected chi connectivity index (χ3v) is 6.11. The topological polar surface area (TPSA) is 98.2 Å². The Morgan fingerprint density at radius 2 is 2.09 bits per heavy atom. The van der Waals surface area contributed by atoms with Gasteiger partial charge in [-0.15, -0.1) is 0 Å². The molecule has 0 atom stereocenters. The van der Waals surface area contributed by atoms with Crippen LogP contribution in [0.1, 0.15) is 67.1 Å². The maximum atomic E-state index is 13.7. The SMILES string of the molecule is C=CC=N/C(CC)=C(\N)n1cc(C(=O)NCC2(c3cccnc3)CCCCC2)c(C(F)(F)F)n1. The summed E-state index contributed by atoms with van der Waals surface area (Å²) in [6, 6.07) is 3.78. The summed E-state index contributed by atoms with van der Waals surface area (Å²) in [5.41, 5.74) is 5.07. The number of alkyl halides is 3. The van der Waals surface area contributed by atoms with E-state index < -0.39 is 23.3 Å². The van der Waals surface area contributed by atoms with Crippen molar-refractivity contribution in [1.29, 1.82) is 0 Å². The number of halogens is 3. The number of nitrogens with two attached hydrogens (primary N) is 1. The van der Waals surface area contributed by atoms with Gasteiger partial charge in [0, 0.05) is 36.8 Å². The van der Waals surface area contributed by atoms with Crippen LogP contribution in [0.2, 0.25) is 0 Å². The number of aliphatic imine (C=N–C) groups is 1. The Hall–Kier alpha value is -3.43. The maximum Gasteiger partial charge on any atom is 0.435 e. The lowest BCUT2D eigenvalue weighted by Gasteiger charge is -2.37. The molecule has 182 valence electrons. The van der Waals surface area contributed by atoms with Crippen LogP contribution >= 0.6 is 0 Å². The normalized spacial score (nSPS) is 16.8. The van der Waals surface area contributed by atoms with Crippen molar-refractivity contribution >= 4 is 17.9 Å². The van der Waals surface area contributed by atoms with Gasteiger partial charge in [0.05, 0.1) is 11.3 Å². The standard InChI is InChI=1S/C24H29F3N6O/c1-3-12-30-19(4-2)21(28)33-15-18(20(32-33)24(25,26)27)22(34)31-16-23(10-6-5-7-11-23)17-9-8-13-29-14-17/h3,8-9,12-15H,1,4-7,10-11,16,28H2,2H3,(H,31,34)/b21-19+,30-12?. The Balaban J connectivity index is 1.92. The van der Waals surface area contributed by atoms with Gasteiger partial charge in [-0.05, 0) is 30.9 Å². The number of hydrogen-bond acceptors (Lipinski definition) is 5. The van der Waals surface area contributed by atoms with Gasteiger partial charge in [-0.1, -0.05) is 44.9 Å². The van der Waals surface area contributed by atoms with Crippen LogP contribution in [0.4, 0.5) is 13.2 Å². The number of nitrogens with one attached hydrogen (secondary N) is 1. The highest BCUT2D eigenvalue weighted by atomic mass is 19.4. The van der Waals surface area contributed by atoms with Crippen LogP contribution in [-0.2, 0) is 11.6 Å². The van der Waals surface area contributed by atoms with Crippen LogP contribution in [0, 0.1) is 0 Å². The fourth-order valence-corrected chi connectivity index (χ4v) is 4.30. The minimum absolute atomic E-state index is 0.0933. The van der Waals surface area contributed by atoms with E-state index in [9.17, 15) is 18.0 Å². The Morgan fingerprint density at radius 3 is 2.68 bits per heavy atom. The third kappa shape index (κ3) is 5.55. The van der Waals surface area contributed by atoms with Gasteiger partial charge >= 0.3 is 6.18 Å². The molecule has 0 bridgehead atoms. The number of carbonyl (C=O) groups is 1. The summed E-state index contributed by atoms with van der Waals surface area (Å²) in [5, 5.41) is 6.32. The predicted molar refractivity (Wildman–Crippen MR) is 125 cm³/mol. The molecule has 34 heavy (non-hydrogen) atoms. The zero-order valence-electron chi connectivity index (χ0n) is 19.1. The Bertz CT molecular complexity index is 1070. The molecule has 1 saturated carbocycles. The molecule has 0 aromatic carbocycles. The quantitative estimate of drug-likeness (QED) is 0.543. The number of carbonyl (C=O) groups excluding carboxylic acids is 1. The van der Waals surface area contributed by atoms with Crippen molar-refractivity contribution < 1.29 is 18.0 Å². The molecule has 3 rings (SSSR count). The number of pyridine rings is 1. The van der Waals surface area contributed by atoms with E-state index in [1.807, 2.05) is 12.1 Å². The summed E-state index contributed by atoms with van der Waals surface area (Å²) in [4.78, 5) is 21.3. The molecule has 0 unspecified atom stereocenters. The number of hydrogen-bond donors (Lipinski definition) is 2. The maximum absolute atomic E-state index is 13.7. The molecule has 10 heteroatoms. The van der Waals surface area contributed by atoms with Crippen molar-refractivity contribution in [2.45, 2.75) is 57.0 Å². The molecule has 0 saturated heterocycles. The fraction of sp³-hybridized carbons (Fsp3) is 0.417. The number of aromatic nitrogens is 3. The molecule has 2 heterocycles. The molecule has 0 aliphatic heterocycles. The fourth-order valence-electron chi connectivity index (χ4n) is 4.30. The zero-order valence-corrected chi connectivity index (χ0v) is 19.1. The highest BCUT2D eigenvalue weighted by Gasteiger charge is 2.40. The lowest BCUT2D eigenvalue weighted by molar-refractivity contribution is -0.141. The molecule has 0 radical (unpaired) electrons. The van der Waals surface area contributed by atoms with Crippen LogP contribution in [0.5, 0.6) is 0 Å². The van der Waals surface area contributed by atoms with Crippen molar-refractivity contribution in [3.63, 3.8) is 0 Å². The number of amides is 1. The Labute approximate surface area is 196 Å². The van der Waals surface area contributed by atoms with E-state index in [2.05, 4.69) is 27.0 Å². The number of allylic oxidation sites excluding steroid dienone is 2. The van der Waals surface area contributed by atoms with E-state index in [4.69, 9.17) is 5.73 Å². The van der Waals surface area contributed by atoms with Gasteiger partial charge in [0.2, 0.25) is 0 Å². The van der Waals surface area contributed by atoms with Crippen molar-refractivity contribution in [3.05, 3.63) is 65.9 Å². The van der Waals surface area contributed by atoms with E-state index >= 15 is 0 Å². The molecular formula is C24H29F3N6O. The van der Waals surface area contributed by atoms with Crippen molar-refractivity contribution in [1.82, 2.24) is 20.1 Å². The minimum atomic E-state index is -4.83. The van der Waals surface area contributed by atoms with E-state index in [0.717, 1.165) is 48.5 Å². The molecule has 0 spiro atoms. The first-order chi connectivity index (χ1) is 16.2. The van der Waals surface area contributed by atoms with E-state index in [1.54, 1.807) is 19.3 Å². The summed E-state index contributed by atoms with van der Waals surface area (Å²) < 4.78 is 42.1. The van der Waals surface area contributed by atoms with Crippen molar-refractivity contribution in [3.8, 4) is 0 Å². The van der Waals surface area contributed by atoms with Gasteiger partial charge in [-0.3, -0.25) is 14.8 Å². The van der Waals surface area contributed by atoms with E-state index in [-0.39, 0.29) is 17.8 Å². The molecular weight excluding hydrogens is 445 g/mol. The second kappa shape index (κ2) is 10.7. The molecule has 7 nitrogen and oxygen atoms in total. The Kier molecular flexibility index (Phi) is 7.90.